The molecule has 0 bridgehead atoms. The number of likely N-dealkylation sites (tertiary alicyclic amines) is 1. The van der Waals surface area contributed by atoms with E-state index >= 15 is 0 Å². The summed E-state index contributed by atoms with van der Waals surface area (Å²) in [4.78, 5) is 26.2. The Morgan fingerprint density at radius 3 is 2.86 bits per heavy atom. The first-order valence-corrected chi connectivity index (χ1v) is 7.67. The Morgan fingerprint density at radius 2 is 2.19 bits per heavy atom. The van der Waals surface area contributed by atoms with Crippen molar-refractivity contribution in [1.82, 2.24) is 20.0 Å². The summed E-state index contributed by atoms with van der Waals surface area (Å²) in [5.74, 6) is -0.0484. The lowest BCUT2D eigenvalue weighted by atomic mass is 10.1. The van der Waals surface area contributed by atoms with Gasteiger partial charge in [-0.2, -0.15) is 5.10 Å². The standard InChI is InChI=1S/C15H24N4O2/c1-4-7-19-11(3)13(9-17-19)15(21)18-8-6-12(10-18)14(20)16-5-2/h9,12H,4-8,10H2,1-3H3,(H,16,20). The van der Waals surface area contributed by atoms with Gasteiger partial charge in [-0.15, -0.1) is 0 Å². The fourth-order valence-electron chi connectivity index (χ4n) is 2.74. The van der Waals surface area contributed by atoms with Gasteiger partial charge < -0.3 is 10.2 Å². The van der Waals surface area contributed by atoms with Crippen molar-refractivity contribution in [2.45, 2.75) is 40.2 Å². The fourth-order valence-corrected chi connectivity index (χ4v) is 2.74. The van der Waals surface area contributed by atoms with Gasteiger partial charge >= 0.3 is 0 Å². The monoisotopic (exact) mass is 292 g/mol. The second kappa shape index (κ2) is 6.74. The third-order valence-electron chi connectivity index (χ3n) is 3.97. The van der Waals surface area contributed by atoms with Gasteiger partial charge in [-0.1, -0.05) is 6.92 Å². The van der Waals surface area contributed by atoms with Gasteiger partial charge in [-0.25, -0.2) is 0 Å². The largest absolute Gasteiger partial charge is 0.356 e. The van der Waals surface area contributed by atoms with E-state index in [9.17, 15) is 9.59 Å². The summed E-state index contributed by atoms with van der Waals surface area (Å²) in [5, 5.41) is 7.10. The molecule has 1 fully saturated rings. The highest BCUT2D eigenvalue weighted by Crippen LogP contribution is 2.20. The van der Waals surface area contributed by atoms with Gasteiger partial charge in [0.25, 0.3) is 5.91 Å². The van der Waals surface area contributed by atoms with Crippen LogP contribution < -0.4 is 5.32 Å². The molecule has 6 heteroatoms. The third-order valence-corrected chi connectivity index (χ3v) is 3.97. The quantitative estimate of drug-likeness (QED) is 0.886. The lowest BCUT2D eigenvalue weighted by molar-refractivity contribution is -0.124. The predicted octanol–water partition coefficient (Wildman–Crippen LogP) is 1.20. The number of carbonyl (C=O) groups excluding carboxylic acids is 2. The van der Waals surface area contributed by atoms with Gasteiger partial charge in [0.1, 0.15) is 0 Å². The average molecular weight is 292 g/mol. The second-order valence-electron chi connectivity index (χ2n) is 5.50. The number of aromatic nitrogens is 2. The number of amides is 2. The number of hydrogen-bond acceptors (Lipinski definition) is 3. The van der Waals surface area contributed by atoms with E-state index in [0.717, 1.165) is 25.1 Å². The van der Waals surface area contributed by atoms with Crippen molar-refractivity contribution in [1.29, 1.82) is 0 Å². The molecule has 1 N–H and O–H groups in total. The van der Waals surface area contributed by atoms with Crippen LogP contribution in [0.15, 0.2) is 6.20 Å². The zero-order valence-corrected chi connectivity index (χ0v) is 13.1. The zero-order chi connectivity index (χ0) is 15.4. The molecule has 0 aromatic carbocycles. The Balaban J connectivity index is 2.03. The van der Waals surface area contributed by atoms with Crippen molar-refractivity contribution in [2.75, 3.05) is 19.6 Å². The minimum Gasteiger partial charge on any atom is -0.356 e. The Hall–Kier alpha value is -1.85. The van der Waals surface area contributed by atoms with Crippen molar-refractivity contribution < 1.29 is 9.59 Å². The maximum absolute atomic E-state index is 12.6. The molecule has 1 aliphatic rings. The van der Waals surface area contributed by atoms with E-state index in [2.05, 4.69) is 17.3 Å². The first-order valence-electron chi connectivity index (χ1n) is 7.67. The minimum absolute atomic E-state index is 0.0124. The second-order valence-corrected chi connectivity index (χ2v) is 5.50. The molecule has 0 saturated carbocycles. The highest BCUT2D eigenvalue weighted by molar-refractivity contribution is 5.95. The minimum atomic E-state index is -0.0834. The fraction of sp³-hybridized carbons (Fsp3) is 0.667. The van der Waals surface area contributed by atoms with Crippen LogP contribution in [0.25, 0.3) is 0 Å². The van der Waals surface area contributed by atoms with Crippen LogP contribution in [-0.2, 0) is 11.3 Å². The van der Waals surface area contributed by atoms with Gasteiger partial charge in [0.15, 0.2) is 0 Å². The molecule has 1 aromatic rings. The Bertz CT molecular complexity index is 524. The highest BCUT2D eigenvalue weighted by Gasteiger charge is 2.32. The normalized spacial score (nSPS) is 18.0. The molecule has 0 spiro atoms. The van der Waals surface area contributed by atoms with E-state index in [1.165, 1.54) is 0 Å². The molecule has 21 heavy (non-hydrogen) atoms. The van der Waals surface area contributed by atoms with Crippen LogP contribution in [-0.4, -0.2) is 46.1 Å². The van der Waals surface area contributed by atoms with Gasteiger partial charge in [0.2, 0.25) is 5.91 Å². The van der Waals surface area contributed by atoms with E-state index in [-0.39, 0.29) is 17.7 Å². The van der Waals surface area contributed by atoms with Crippen LogP contribution in [0.2, 0.25) is 0 Å². The number of hydrogen-bond donors (Lipinski definition) is 1. The van der Waals surface area contributed by atoms with Crippen molar-refractivity contribution in [3.8, 4) is 0 Å². The van der Waals surface area contributed by atoms with Crippen molar-refractivity contribution in [3.63, 3.8) is 0 Å². The van der Waals surface area contributed by atoms with Crippen LogP contribution in [0.5, 0.6) is 0 Å². The van der Waals surface area contributed by atoms with Gasteiger partial charge in [-0.3, -0.25) is 14.3 Å². The first kappa shape index (κ1) is 15.5. The summed E-state index contributed by atoms with van der Waals surface area (Å²) in [5.41, 5.74) is 1.56. The molecule has 6 nitrogen and oxygen atoms in total. The van der Waals surface area contributed by atoms with E-state index in [1.54, 1.807) is 11.1 Å². The number of aryl methyl sites for hydroxylation is 1. The molecule has 0 radical (unpaired) electrons. The summed E-state index contributed by atoms with van der Waals surface area (Å²) in [6.07, 6.45) is 3.37. The number of nitrogens with zero attached hydrogens (tertiary/aromatic N) is 3. The van der Waals surface area contributed by atoms with Crippen molar-refractivity contribution >= 4 is 11.8 Å². The SMILES string of the molecule is CCCn1ncc(C(=O)N2CCC(C(=O)NCC)C2)c1C. The van der Waals surface area contributed by atoms with E-state index in [0.29, 0.717) is 25.2 Å². The van der Waals surface area contributed by atoms with E-state index in [4.69, 9.17) is 0 Å². The number of rotatable bonds is 5. The number of nitrogens with one attached hydrogen (secondary N) is 1. The van der Waals surface area contributed by atoms with Crippen LogP contribution in [0.1, 0.15) is 42.7 Å². The Morgan fingerprint density at radius 1 is 1.43 bits per heavy atom. The lowest BCUT2D eigenvalue weighted by Gasteiger charge is -2.16. The molecule has 116 valence electrons. The Labute approximate surface area is 125 Å². The maximum Gasteiger partial charge on any atom is 0.257 e. The summed E-state index contributed by atoms with van der Waals surface area (Å²) in [6.45, 7) is 8.50. The molecule has 1 saturated heterocycles. The topological polar surface area (TPSA) is 67.2 Å². The molecule has 2 amide bonds. The average Bonchev–Trinajstić information content (AvgIpc) is 3.07. The number of carbonyl (C=O) groups is 2. The molecule has 2 heterocycles. The summed E-state index contributed by atoms with van der Waals surface area (Å²) in [7, 11) is 0. The van der Waals surface area contributed by atoms with Crippen LogP contribution in [0.4, 0.5) is 0 Å². The molecular formula is C15H24N4O2. The molecule has 1 unspecified atom stereocenters. The molecule has 1 aromatic heterocycles. The van der Waals surface area contributed by atoms with Crippen LogP contribution in [0, 0.1) is 12.8 Å². The van der Waals surface area contributed by atoms with Gasteiger partial charge in [-0.05, 0) is 26.7 Å². The summed E-state index contributed by atoms with van der Waals surface area (Å²) >= 11 is 0. The predicted molar refractivity (Wildman–Crippen MR) is 79.9 cm³/mol. The Kier molecular flexibility index (Phi) is 4.98. The molecule has 1 atom stereocenters. The van der Waals surface area contributed by atoms with Crippen molar-refractivity contribution in [2.24, 2.45) is 5.92 Å². The van der Waals surface area contributed by atoms with E-state index < -0.39 is 0 Å². The maximum atomic E-state index is 12.6. The molecule has 1 aliphatic heterocycles. The summed E-state index contributed by atoms with van der Waals surface area (Å²) in [6, 6.07) is 0. The molecule has 2 rings (SSSR count). The molecular weight excluding hydrogens is 268 g/mol. The third kappa shape index (κ3) is 3.25. The van der Waals surface area contributed by atoms with Crippen LogP contribution >= 0.6 is 0 Å². The highest BCUT2D eigenvalue weighted by atomic mass is 16.2. The van der Waals surface area contributed by atoms with Crippen molar-refractivity contribution in [3.05, 3.63) is 17.5 Å². The van der Waals surface area contributed by atoms with Gasteiger partial charge in [0, 0.05) is 31.9 Å². The molecule has 0 aliphatic carbocycles. The van der Waals surface area contributed by atoms with Gasteiger partial charge in [0.05, 0.1) is 17.7 Å². The smallest absolute Gasteiger partial charge is 0.257 e. The zero-order valence-electron chi connectivity index (χ0n) is 13.1. The van der Waals surface area contributed by atoms with Crippen LogP contribution in [0.3, 0.4) is 0 Å². The lowest BCUT2D eigenvalue weighted by Crippen LogP contribution is -2.34. The first-order chi connectivity index (χ1) is 10.1. The van der Waals surface area contributed by atoms with E-state index in [1.807, 2.05) is 18.5 Å². The summed E-state index contributed by atoms with van der Waals surface area (Å²) < 4.78 is 1.87.